The lowest BCUT2D eigenvalue weighted by Crippen LogP contribution is -2.29. The van der Waals surface area contributed by atoms with Gasteiger partial charge in [0.1, 0.15) is 17.8 Å². The number of amidine groups is 1. The number of aromatic nitrogens is 3. The van der Waals surface area contributed by atoms with Crippen molar-refractivity contribution < 1.29 is 4.79 Å². The monoisotopic (exact) mass is 404 g/mol. The second-order valence-electron chi connectivity index (χ2n) is 8.41. The Morgan fingerprint density at radius 3 is 2.93 bits per heavy atom. The molecule has 4 rings (SSSR count). The summed E-state index contributed by atoms with van der Waals surface area (Å²) < 4.78 is 0. The third-order valence-electron chi connectivity index (χ3n) is 6.36. The van der Waals surface area contributed by atoms with Crippen LogP contribution in [-0.2, 0) is 4.79 Å². The lowest BCUT2D eigenvalue weighted by Gasteiger charge is -2.24. The van der Waals surface area contributed by atoms with E-state index in [1.165, 1.54) is 38.9 Å². The van der Waals surface area contributed by atoms with Crippen LogP contribution in [0.3, 0.4) is 0 Å². The Hall–Kier alpha value is -3.01. The van der Waals surface area contributed by atoms with Gasteiger partial charge in [0.15, 0.2) is 0 Å². The summed E-state index contributed by atoms with van der Waals surface area (Å²) in [4.78, 5) is 28.5. The molecule has 0 spiro atoms. The predicted molar refractivity (Wildman–Crippen MR) is 116 cm³/mol. The largest absolute Gasteiger partial charge is 0.346 e. The summed E-state index contributed by atoms with van der Waals surface area (Å²) in [5.41, 5.74) is 2.39. The molecule has 1 amide bonds. The van der Waals surface area contributed by atoms with Crippen LogP contribution in [0.2, 0.25) is 0 Å². The average molecular weight is 405 g/mol. The summed E-state index contributed by atoms with van der Waals surface area (Å²) in [6.07, 6.45) is 13.1. The molecule has 1 aliphatic heterocycles. The Labute approximate surface area is 176 Å². The van der Waals surface area contributed by atoms with Crippen LogP contribution in [0.4, 0.5) is 0 Å². The molecular formula is C23H28N6O. The zero-order valence-electron chi connectivity index (χ0n) is 17.4. The van der Waals surface area contributed by atoms with E-state index < -0.39 is 0 Å². The zero-order valence-corrected chi connectivity index (χ0v) is 17.4. The highest BCUT2D eigenvalue weighted by molar-refractivity contribution is 6.28. The SMILES string of the molecule is CC(=O)NC1=NCCC(CC(CC#N)C2CCCC2)C=C1c1ncnc2[nH]ccc12. The number of aromatic amines is 1. The highest BCUT2D eigenvalue weighted by Crippen LogP contribution is 2.38. The molecule has 2 unspecified atom stereocenters. The highest BCUT2D eigenvalue weighted by Gasteiger charge is 2.28. The second-order valence-corrected chi connectivity index (χ2v) is 8.41. The molecule has 30 heavy (non-hydrogen) atoms. The maximum Gasteiger partial charge on any atom is 0.222 e. The van der Waals surface area contributed by atoms with Crippen molar-refractivity contribution in [1.29, 1.82) is 5.26 Å². The number of hydrogen-bond acceptors (Lipinski definition) is 5. The Bertz CT molecular complexity index is 1010. The molecule has 2 aliphatic rings. The number of hydrogen-bond donors (Lipinski definition) is 2. The molecule has 2 aromatic rings. The van der Waals surface area contributed by atoms with Gasteiger partial charge in [-0.3, -0.25) is 9.79 Å². The number of allylic oxidation sites excluding steroid dienone is 1. The molecular weight excluding hydrogens is 376 g/mol. The number of rotatable bonds is 5. The average Bonchev–Trinajstić information content (AvgIpc) is 3.38. The Morgan fingerprint density at radius 2 is 2.17 bits per heavy atom. The van der Waals surface area contributed by atoms with Gasteiger partial charge in [-0.05, 0) is 36.7 Å². The van der Waals surface area contributed by atoms with Crippen LogP contribution in [0.15, 0.2) is 29.7 Å². The minimum absolute atomic E-state index is 0.147. The number of carbonyl (C=O) groups is 1. The van der Waals surface area contributed by atoms with Crippen LogP contribution in [-0.4, -0.2) is 33.2 Å². The van der Waals surface area contributed by atoms with E-state index in [9.17, 15) is 10.1 Å². The number of carbonyl (C=O) groups excluding carboxylic acids is 1. The number of aliphatic imine (C=N–C) groups is 1. The Kier molecular flexibility index (Phi) is 6.22. The van der Waals surface area contributed by atoms with E-state index in [0.29, 0.717) is 30.6 Å². The number of fused-ring (bicyclic) bond motifs is 1. The first-order chi connectivity index (χ1) is 14.7. The maximum atomic E-state index is 11.8. The van der Waals surface area contributed by atoms with Gasteiger partial charge in [0.05, 0.1) is 11.8 Å². The molecule has 2 N–H and O–H groups in total. The van der Waals surface area contributed by atoms with Crippen molar-refractivity contribution in [2.45, 2.75) is 51.9 Å². The van der Waals surface area contributed by atoms with Crippen LogP contribution in [0.5, 0.6) is 0 Å². The summed E-state index contributed by atoms with van der Waals surface area (Å²) in [5.74, 6) is 1.78. The second kappa shape index (κ2) is 9.21. The van der Waals surface area contributed by atoms with E-state index >= 15 is 0 Å². The predicted octanol–water partition coefficient (Wildman–Crippen LogP) is 4.01. The first-order valence-corrected chi connectivity index (χ1v) is 10.9. The van der Waals surface area contributed by atoms with Gasteiger partial charge in [-0.15, -0.1) is 0 Å². The summed E-state index contributed by atoms with van der Waals surface area (Å²) in [5, 5.41) is 13.2. The fourth-order valence-corrected chi connectivity index (χ4v) is 4.94. The van der Waals surface area contributed by atoms with Crippen molar-refractivity contribution in [2.24, 2.45) is 22.7 Å². The van der Waals surface area contributed by atoms with Crippen molar-refractivity contribution in [2.75, 3.05) is 6.54 Å². The van der Waals surface area contributed by atoms with Crippen molar-refractivity contribution >= 4 is 28.3 Å². The molecule has 0 aromatic carbocycles. The molecule has 1 aliphatic carbocycles. The number of nitrogens with one attached hydrogen (secondary N) is 2. The van der Waals surface area contributed by atoms with E-state index in [2.05, 4.69) is 32.4 Å². The normalized spacial score (nSPS) is 20.9. The topological polar surface area (TPSA) is 107 Å². The zero-order chi connectivity index (χ0) is 20.9. The van der Waals surface area contributed by atoms with Crippen molar-refractivity contribution in [3.63, 3.8) is 0 Å². The van der Waals surface area contributed by atoms with Gasteiger partial charge in [0.25, 0.3) is 0 Å². The van der Waals surface area contributed by atoms with Crippen molar-refractivity contribution in [3.8, 4) is 6.07 Å². The molecule has 2 atom stereocenters. The smallest absolute Gasteiger partial charge is 0.222 e. The van der Waals surface area contributed by atoms with Crippen LogP contribution in [0.1, 0.15) is 57.6 Å². The summed E-state index contributed by atoms with van der Waals surface area (Å²) >= 11 is 0. The van der Waals surface area contributed by atoms with Crippen LogP contribution in [0, 0.1) is 29.1 Å². The fourth-order valence-electron chi connectivity index (χ4n) is 4.94. The lowest BCUT2D eigenvalue weighted by atomic mass is 9.80. The van der Waals surface area contributed by atoms with Crippen molar-refractivity contribution in [3.05, 3.63) is 30.4 Å². The van der Waals surface area contributed by atoms with Gasteiger partial charge >= 0.3 is 0 Å². The summed E-state index contributed by atoms with van der Waals surface area (Å²) in [6, 6.07) is 4.37. The molecule has 0 radical (unpaired) electrons. The number of nitrogens with zero attached hydrogens (tertiary/aromatic N) is 4. The molecule has 3 heterocycles. The number of amides is 1. The Balaban J connectivity index is 1.69. The number of H-pyrrole nitrogens is 1. The van der Waals surface area contributed by atoms with E-state index in [0.717, 1.165) is 35.1 Å². The molecule has 1 saturated carbocycles. The molecule has 156 valence electrons. The van der Waals surface area contributed by atoms with E-state index in [4.69, 9.17) is 4.99 Å². The first-order valence-electron chi connectivity index (χ1n) is 10.9. The molecule has 0 saturated heterocycles. The molecule has 7 nitrogen and oxygen atoms in total. The number of nitriles is 1. The Morgan fingerprint density at radius 1 is 1.33 bits per heavy atom. The first kappa shape index (κ1) is 20.3. The molecule has 1 fully saturated rings. The van der Waals surface area contributed by atoms with Crippen LogP contribution < -0.4 is 5.32 Å². The van der Waals surface area contributed by atoms with Gasteiger partial charge in [-0.1, -0.05) is 31.8 Å². The molecule has 7 heteroatoms. The molecule has 0 bridgehead atoms. The van der Waals surface area contributed by atoms with E-state index in [1.807, 2.05) is 12.3 Å². The standard InChI is InChI=1S/C23H28N6O/c1-15(30)29-23-20(21-19-8-11-25-22(19)28-14-27-21)13-16(7-10-26-23)12-18(6-9-24)17-4-2-3-5-17/h8,11,13-14,16-18H,2-7,10,12H2,1H3,(H,25,27,28)(H,26,29,30). The van der Waals surface area contributed by atoms with Crippen LogP contribution in [0.25, 0.3) is 16.6 Å². The fraction of sp³-hybridized carbons (Fsp3) is 0.522. The van der Waals surface area contributed by atoms with Gasteiger partial charge in [0, 0.05) is 37.0 Å². The van der Waals surface area contributed by atoms with Crippen molar-refractivity contribution in [1.82, 2.24) is 20.3 Å². The summed E-state index contributed by atoms with van der Waals surface area (Å²) in [7, 11) is 0. The highest BCUT2D eigenvalue weighted by atomic mass is 16.1. The maximum absolute atomic E-state index is 11.8. The third kappa shape index (κ3) is 4.43. The minimum Gasteiger partial charge on any atom is -0.346 e. The summed E-state index contributed by atoms with van der Waals surface area (Å²) in [6.45, 7) is 2.14. The van der Waals surface area contributed by atoms with Gasteiger partial charge in [-0.25, -0.2) is 9.97 Å². The minimum atomic E-state index is -0.147. The third-order valence-corrected chi connectivity index (χ3v) is 6.36. The molecule has 2 aromatic heterocycles. The van der Waals surface area contributed by atoms with E-state index in [1.54, 1.807) is 0 Å². The van der Waals surface area contributed by atoms with Gasteiger partial charge in [-0.2, -0.15) is 5.26 Å². The van der Waals surface area contributed by atoms with E-state index in [-0.39, 0.29) is 11.8 Å². The lowest BCUT2D eigenvalue weighted by molar-refractivity contribution is -0.117. The van der Waals surface area contributed by atoms with Crippen LogP contribution >= 0.6 is 0 Å². The quantitative estimate of drug-likeness (QED) is 0.785. The van der Waals surface area contributed by atoms with Gasteiger partial charge < -0.3 is 10.3 Å². The van der Waals surface area contributed by atoms with Gasteiger partial charge in [0.2, 0.25) is 5.91 Å².